The van der Waals surface area contributed by atoms with Crippen LogP contribution in [0.25, 0.3) is 11.1 Å². The maximum absolute atomic E-state index is 14.0. The summed E-state index contributed by atoms with van der Waals surface area (Å²) in [7, 11) is 1.47. The van der Waals surface area contributed by atoms with Gasteiger partial charge < -0.3 is 4.74 Å². The molecule has 4 heteroatoms. The normalized spacial score (nSPS) is 10.0. The first-order valence-electron chi connectivity index (χ1n) is 5.01. The Bertz CT molecular complexity index is 555. The van der Waals surface area contributed by atoms with Gasteiger partial charge in [-0.15, -0.1) is 0 Å². The maximum Gasteiger partial charge on any atom is 0.221 e. The molecule has 1 aromatic heterocycles. The number of benzene rings is 1. The lowest BCUT2D eigenvalue weighted by Crippen LogP contribution is -1.95. The fraction of sp³-hybridized carbons (Fsp3) is 0.0769. The first-order valence-corrected chi connectivity index (χ1v) is 5.01. The molecule has 0 saturated heterocycles. The molecule has 2 aromatic rings. The molecule has 0 unspecified atom stereocenters. The lowest BCUT2D eigenvalue weighted by Gasteiger charge is -2.08. The van der Waals surface area contributed by atoms with Gasteiger partial charge in [-0.25, -0.2) is 9.37 Å². The van der Waals surface area contributed by atoms with Crippen molar-refractivity contribution in [1.82, 2.24) is 4.98 Å². The number of aldehydes is 1. The largest absolute Gasteiger partial charge is 0.481 e. The van der Waals surface area contributed by atoms with E-state index in [0.717, 1.165) is 0 Å². The number of carbonyl (C=O) groups excluding carboxylic acids is 1. The monoisotopic (exact) mass is 231 g/mol. The number of carbonyl (C=O) groups is 1. The number of halogens is 1. The van der Waals surface area contributed by atoms with Crippen LogP contribution in [0.1, 0.15) is 10.4 Å². The molecular formula is C13H10FNO2. The van der Waals surface area contributed by atoms with Gasteiger partial charge in [0.05, 0.1) is 12.7 Å². The Labute approximate surface area is 97.9 Å². The second-order valence-corrected chi connectivity index (χ2v) is 3.39. The fourth-order valence-corrected chi connectivity index (χ4v) is 1.61. The van der Waals surface area contributed by atoms with Gasteiger partial charge in [0.25, 0.3) is 0 Å². The third kappa shape index (κ3) is 2.01. The molecule has 0 radical (unpaired) electrons. The second kappa shape index (κ2) is 4.74. The second-order valence-electron chi connectivity index (χ2n) is 3.39. The Morgan fingerprint density at radius 2 is 2.00 bits per heavy atom. The van der Waals surface area contributed by atoms with Gasteiger partial charge in [0.15, 0.2) is 6.29 Å². The van der Waals surface area contributed by atoms with Crippen molar-refractivity contribution in [1.29, 1.82) is 0 Å². The van der Waals surface area contributed by atoms with Crippen LogP contribution in [0.2, 0.25) is 0 Å². The lowest BCUT2D eigenvalue weighted by atomic mass is 10.0. The highest BCUT2D eigenvalue weighted by Crippen LogP contribution is 2.30. The van der Waals surface area contributed by atoms with Crippen LogP contribution in [0.15, 0.2) is 36.5 Å². The van der Waals surface area contributed by atoms with Crippen molar-refractivity contribution in [2.45, 2.75) is 0 Å². The number of ether oxygens (including phenoxy) is 1. The molecule has 86 valence electrons. The predicted molar refractivity (Wildman–Crippen MR) is 61.6 cm³/mol. The smallest absolute Gasteiger partial charge is 0.221 e. The Kier molecular flexibility index (Phi) is 3.14. The Balaban J connectivity index is 2.64. The molecule has 0 amide bonds. The number of pyridine rings is 1. The minimum absolute atomic E-state index is 0.0217. The summed E-state index contributed by atoms with van der Waals surface area (Å²) >= 11 is 0. The number of hydrogen-bond donors (Lipinski definition) is 0. The molecule has 3 nitrogen and oxygen atoms in total. The van der Waals surface area contributed by atoms with E-state index in [4.69, 9.17) is 4.74 Å². The summed E-state index contributed by atoms with van der Waals surface area (Å²) in [6.45, 7) is 0. The van der Waals surface area contributed by atoms with Gasteiger partial charge in [0, 0.05) is 17.3 Å². The first kappa shape index (κ1) is 11.3. The molecule has 0 aliphatic heterocycles. The van der Waals surface area contributed by atoms with Gasteiger partial charge in [0.1, 0.15) is 5.82 Å². The molecule has 0 aliphatic carbocycles. The summed E-state index contributed by atoms with van der Waals surface area (Å²) in [4.78, 5) is 14.7. The third-order valence-electron chi connectivity index (χ3n) is 2.41. The summed E-state index contributed by atoms with van der Waals surface area (Å²) in [6.07, 6.45) is 2.05. The average Bonchev–Trinajstić information content (AvgIpc) is 2.39. The molecule has 0 N–H and O–H groups in total. The summed E-state index contributed by atoms with van der Waals surface area (Å²) < 4.78 is 19.0. The average molecular weight is 231 g/mol. The third-order valence-corrected chi connectivity index (χ3v) is 2.41. The Morgan fingerprint density at radius 1 is 1.24 bits per heavy atom. The minimum atomic E-state index is -0.561. The van der Waals surface area contributed by atoms with E-state index in [2.05, 4.69) is 4.98 Å². The zero-order chi connectivity index (χ0) is 12.3. The van der Waals surface area contributed by atoms with Crippen molar-refractivity contribution in [2.24, 2.45) is 0 Å². The molecule has 0 aliphatic rings. The number of aromatic nitrogens is 1. The van der Waals surface area contributed by atoms with Crippen LogP contribution in [0.3, 0.4) is 0 Å². The Morgan fingerprint density at radius 3 is 2.71 bits per heavy atom. The molecular weight excluding hydrogens is 221 g/mol. The van der Waals surface area contributed by atoms with Crippen LogP contribution in [0.5, 0.6) is 5.88 Å². The minimum Gasteiger partial charge on any atom is -0.481 e. The van der Waals surface area contributed by atoms with Gasteiger partial charge >= 0.3 is 0 Å². The van der Waals surface area contributed by atoms with Gasteiger partial charge in [0.2, 0.25) is 5.88 Å². The van der Waals surface area contributed by atoms with E-state index in [1.165, 1.54) is 13.2 Å². The molecule has 17 heavy (non-hydrogen) atoms. The molecule has 0 saturated carbocycles. The van der Waals surface area contributed by atoms with E-state index >= 15 is 0 Å². The van der Waals surface area contributed by atoms with Crippen molar-refractivity contribution in [3.8, 4) is 17.0 Å². The number of nitrogens with zero attached hydrogens (tertiary/aromatic N) is 1. The highest BCUT2D eigenvalue weighted by Gasteiger charge is 2.13. The summed E-state index contributed by atoms with van der Waals surface area (Å²) in [6, 6.07) is 8.01. The van der Waals surface area contributed by atoms with Crippen LogP contribution < -0.4 is 4.74 Å². The van der Waals surface area contributed by atoms with Crippen molar-refractivity contribution in [3.63, 3.8) is 0 Å². The first-order chi connectivity index (χ1) is 8.27. The van der Waals surface area contributed by atoms with Gasteiger partial charge in [-0.2, -0.15) is 0 Å². The SMILES string of the molecule is COc1ncccc1-c1cccc(C=O)c1F. The maximum atomic E-state index is 14.0. The number of hydrogen-bond acceptors (Lipinski definition) is 3. The lowest BCUT2D eigenvalue weighted by molar-refractivity contribution is 0.112. The topological polar surface area (TPSA) is 39.2 Å². The van der Waals surface area contributed by atoms with Crippen LogP contribution in [-0.2, 0) is 0 Å². The molecule has 1 aromatic carbocycles. The van der Waals surface area contributed by atoms with Gasteiger partial charge in [-0.05, 0) is 18.2 Å². The van der Waals surface area contributed by atoms with Crippen molar-refractivity contribution in [2.75, 3.05) is 7.11 Å². The summed E-state index contributed by atoms with van der Waals surface area (Å²) in [5, 5.41) is 0. The van der Waals surface area contributed by atoms with Crippen LogP contribution >= 0.6 is 0 Å². The zero-order valence-corrected chi connectivity index (χ0v) is 9.18. The molecule has 0 atom stereocenters. The van der Waals surface area contributed by atoms with Gasteiger partial charge in [-0.1, -0.05) is 12.1 Å². The summed E-state index contributed by atoms with van der Waals surface area (Å²) in [5.74, 6) is -0.233. The highest BCUT2D eigenvalue weighted by molar-refractivity contribution is 5.80. The van der Waals surface area contributed by atoms with Crippen molar-refractivity contribution < 1.29 is 13.9 Å². The quantitative estimate of drug-likeness (QED) is 0.762. The fourth-order valence-electron chi connectivity index (χ4n) is 1.61. The van der Waals surface area contributed by atoms with E-state index in [-0.39, 0.29) is 5.56 Å². The number of rotatable bonds is 3. The van der Waals surface area contributed by atoms with Crippen molar-refractivity contribution in [3.05, 3.63) is 47.9 Å². The van der Waals surface area contributed by atoms with E-state index in [9.17, 15) is 9.18 Å². The van der Waals surface area contributed by atoms with E-state index in [1.807, 2.05) is 0 Å². The van der Waals surface area contributed by atoms with Crippen LogP contribution in [0, 0.1) is 5.82 Å². The molecule has 0 bridgehead atoms. The Hall–Kier alpha value is -2.23. The van der Waals surface area contributed by atoms with Gasteiger partial charge in [-0.3, -0.25) is 4.79 Å². The predicted octanol–water partition coefficient (Wildman–Crippen LogP) is 2.71. The zero-order valence-electron chi connectivity index (χ0n) is 9.18. The van der Waals surface area contributed by atoms with Crippen LogP contribution in [0.4, 0.5) is 4.39 Å². The number of methoxy groups -OCH3 is 1. The molecule has 2 rings (SSSR count). The van der Waals surface area contributed by atoms with E-state index < -0.39 is 5.82 Å². The highest BCUT2D eigenvalue weighted by atomic mass is 19.1. The van der Waals surface area contributed by atoms with Crippen molar-refractivity contribution >= 4 is 6.29 Å². The molecule has 1 heterocycles. The summed E-state index contributed by atoms with van der Waals surface area (Å²) in [5.41, 5.74) is 0.851. The van der Waals surface area contributed by atoms with E-state index in [0.29, 0.717) is 23.3 Å². The molecule has 0 spiro atoms. The standard InChI is InChI=1S/C13H10FNO2/c1-17-13-11(6-3-7-15-13)10-5-2-4-9(8-16)12(10)14/h2-8H,1H3. The van der Waals surface area contributed by atoms with E-state index in [1.54, 1.807) is 30.5 Å². The van der Waals surface area contributed by atoms with Crippen LogP contribution in [-0.4, -0.2) is 18.4 Å². The molecule has 0 fully saturated rings.